The van der Waals surface area contributed by atoms with E-state index in [9.17, 15) is 43.2 Å². The lowest BCUT2D eigenvalue weighted by molar-refractivity contribution is -0.154. The van der Waals surface area contributed by atoms with Crippen LogP contribution >= 0.6 is 0 Å². The summed E-state index contributed by atoms with van der Waals surface area (Å²) in [6.45, 7) is 6.61. The molecule has 0 unspecified atom stereocenters. The monoisotopic (exact) mass is 1120 g/mol. The van der Waals surface area contributed by atoms with Crippen molar-refractivity contribution in [1.82, 2.24) is 16.0 Å². The highest BCUT2D eigenvalue weighted by atomic mass is 27.3. The van der Waals surface area contributed by atoms with Crippen LogP contribution in [0, 0.1) is 0 Å². The molecular weight excluding hydrogens is 1020 g/mol. The third kappa shape index (κ3) is 37.0. The van der Waals surface area contributed by atoms with Gasteiger partial charge >= 0.3 is 30.3 Å². The van der Waals surface area contributed by atoms with E-state index in [4.69, 9.17) is 22.7 Å². The Morgan fingerprint density at radius 1 is 0.429 bits per heavy atom. The minimum atomic E-state index is -3.90. The van der Waals surface area contributed by atoms with Gasteiger partial charge < -0.3 is 38.7 Å². The van der Waals surface area contributed by atoms with Crippen molar-refractivity contribution >= 4 is 83.8 Å². The van der Waals surface area contributed by atoms with Crippen LogP contribution in [0.1, 0.15) is 290 Å². The van der Waals surface area contributed by atoms with Gasteiger partial charge in [-0.15, -0.1) is 0 Å². The van der Waals surface area contributed by atoms with Crippen molar-refractivity contribution in [3.05, 3.63) is 0 Å². The molecule has 2 fully saturated rings. The lowest BCUT2D eigenvalue weighted by Crippen LogP contribution is -2.50. The number of rotatable bonds is 45. The molecule has 3 N–H and O–H groups in total. The molecule has 0 saturated carbocycles. The third-order valence-electron chi connectivity index (χ3n) is 14.1. The average Bonchev–Trinajstić information content (AvgIpc) is 3.39. The Hall–Kier alpha value is -3.71. The number of nitrogens with one attached hydrogen (secondary N) is 3. The first-order chi connectivity index (χ1) is 37.3. The first-order valence-electron chi connectivity index (χ1n) is 30.4. The van der Waals surface area contributed by atoms with Gasteiger partial charge in [-0.3, -0.25) is 43.2 Å². The molecule has 2 rings (SSSR count). The molecule has 0 aromatic heterocycles. The minimum absolute atomic E-state index is 0.0640. The number of hydrogen-bond donors (Lipinski definition) is 3. The molecule has 20 heteroatoms. The molecule has 0 bridgehead atoms. The summed E-state index contributed by atoms with van der Waals surface area (Å²) in [6.07, 6.45) is 35.3. The summed E-state index contributed by atoms with van der Waals surface area (Å²) in [4.78, 5) is 118. The van der Waals surface area contributed by atoms with E-state index in [1.807, 2.05) is 0 Å². The van der Waals surface area contributed by atoms with Crippen molar-refractivity contribution < 1.29 is 65.9 Å². The maximum Gasteiger partial charge on any atom is 1.20 e. The fourth-order valence-corrected chi connectivity index (χ4v) is 11.7. The highest BCUT2D eigenvalue weighted by Gasteiger charge is 2.53. The topological polar surface area (TPSA) is 245 Å². The minimum Gasteiger partial charge on any atom is -0.551 e. The van der Waals surface area contributed by atoms with Crippen LogP contribution in [0.2, 0.25) is 0 Å². The second-order valence-corrected chi connectivity index (χ2v) is 23.8. The molecule has 3 atom stereocenters. The summed E-state index contributed by atoms with van der Waals surface area (Å²) in [7, 11) is 0. The molecule has 2 saturated heterocycles. The highest BCUT2D eigenvalue weighted by Crippen LogP contribution is 2.18. The van der Waals surface area contributed by atoms with Gasteiger partial charge in [0.05, 0.1) is 0 Å². The Morgan fingerprint density at radius 3 is 1.09 bits per heavy atom. The molecule has 2 heterocycles. The Kier molecular flexibility index (Phi) is 41.5. The van der Waals surface area contributed by atoms with Gasteiger partial charge in [-0.1, -0.05) is 213 Å². The van der Waals surface area contributed by atoms with Crippen molar-refractivity contribution in [3.63, 3.8) is 0 Å². The van der Waals surface area contributed by atoms with Crippen molar-refractivity contribution in [3.8, 4) is 0 Å². The van der Waals surface area contributed by atoms with Gasteiger partial charge in [-0.25, -0.2) is 0 Å². The van der Waals surface area contributed by atoms with Gasteiger partial charge in [-0.05, 0) is 38.5 Å². The van der Waals surface area contributed by atoms with Crippen LogP contribution in [-0.2, 0) is 65.9 Å². The molecule has 3 amide bonds. The molecule has 77 heavy (non-hydrogen) atoms. The summed E-state index contributed by atoms with van der Waals surface area (Å²) in [5.41, 5.74) is 0. The number of amides is 3. The van der Waals surface area contributed by atoms with E-state index in [0.29, 0.717) is 19.3 Å². The molecule has 0 aromatic rings. The number of unbranched alkanes of at least 4 members (excludes halogenated alkanes) is 30. The van der Waals surface area contributed by atoms with E-state index in [1.165, 1.54) is 128 Å². The smallest absolute Gasteiger partial charge is 0.551 e. The van der Waals surface area contributed by atoms with Crippen molar-refractivity contribution in [1.29, 1.82) is 0 Å². The van der Waals surface area contributed by atoms with Crippen LogP contribution in [0.5, 0.6) is 0 Å². The maximum absolute atomic E-state index is 13.8. The number of carbonyl (C=O) groups excluding carboxylic acids is 9. The summed E-state index contributed by atoms with van der Waals surface area (Å²) < 4.78 is 32.0. The van der Waals surface area contributed by atoms with Gasteiger partial charge in [0, 0.05) is 38.5 Å². The maximum atomic E-state index is 13.8. The van der Waals surface area contributed by atoms with Crippen LogP contribution < -0.4 is 16.0 Å². The standard InChI is InChI=1S/3C19H35NO5.2Al/c3*1-2-3-4-5-6-7-8-9-10-11-12-13-17(21)20-16(19(24)25)14-15-18(22)23;;/h3*16H,2-15H2,1H3,(H,20,21)(H,22,23)(H,24,25);;/q;;;2*+3/p-6/t3*16-;;/m110../s1. The van der Waals surface area contributed by atoms with Gasteiger partial charge in [0.2, 0.25) is 17.7 Å². The van der Waals surface area contributed by atoms with Gasteiger partial charge in [0.25, 0.3) is 35.8 Å². The third-order valence-corrected chi connectivity index (χ3v) is 16.8. The normalized spacial score (nSPS) is 16.4. The lowest BCUT2D eigenvalue weighted by atomic mass is 10.0. The molecular formula is C57H99Al2N3O15. The van der Waals surface area contributed by atoms with Crippen LogP contribution in [0.25, 0.3) is 0 Å². The second-order valence-electron chi connectivity index (χ2n) is 21.2. The molecule has 2 aliphatic rings. The van der Waals surface area contributed by atoms with E-state index in [1.54, 1.807) is 0 Å². The van der Waals surface area contributed by atoms with Crippen molar-refractivity contribution in [2.24, 2.45) is 0 Å². The first kappa shape index (κ1) is 69.4. The fourth-order valence-electron chi connectivity index (χ4n) is 9.36. The SMILES string of the molecule is CCCCCCCCCCCCCC(=O)N[C@@H](CCC(=O)[O][Al]1[O]C(=O)CC[C@@H](NC(=O)CCCCCCCCCCCCC)C(=O)[O]1)C(=O)[O][Al]1[O]C(=O)CC[C@@H](NC(=O)CCCCCCCCCCCCC)C(=O)[O]1. The molecule has 2 aliphatic heterocycles. The van der Waals surface area contributed by atoms with Gasteiger partial charge in [0.15, 0.2) is 0 Å². The van der Waals surface area contributed by atoms with Gasteiger partial charge in [-0.2, -0.15) is 0 Å². The number of hydrogen-bond acceptors (Lipinski definition) is 15. The molecule has 0 radical (unpaired) electrons. The van der Waals surface area contributed by atoms with E-state index in [2.05, 4.69) is 36.7 Å². The predicted octanol–water partition coefficient (Wildman–Crippen LogP) is 11.1. The van der Waals surface area contributed by atoms with Crippen LogP contribution in [-0.4, -0.2) is 102 Å². The molecule has 438 valence electrons. The largest absolute Gasteiger partial charge is 1.20 e. The molecule has 0 spiro atoms. The van der Waals surface area contributed by atoms with Crippen molar-refractivity contribution in [2.45, 2.75) is 309 Å². The van der Waals surface area contributed by atoms with Gasteiger partial charge in [0.1, 0.15) is 18.1 Å². The Balaban J connectivity index is 1.96. The summed E-state index contributed by atoms with van der Waals surface area (Å²) in [5.74, 6) is -6.87. The van der Waals surface area contributed by atoms with E-state index < -0.39 is 103 Å². The quantitative estimate of drug-likeness (QED) is 0.0379. The summed E-state index contributed by atoms with van der Waals surface area (Å²) in [5, 5.41) is 7.88. The predicted molar refractivity (Wildman–Crippen MR) is 295 cm³/mol. The summed E-state index contributed by atoms with van der Waals surface area (Å²) in [6, 6.07) is -3.85. The molecule has 18 nitrogen and oxygen atoms in total. The number of carbonyl (C=O) groups is 9. The van der Waals surface area contributed by atoms with Crippen LogP contribution in [0.3, 0.4) is 0 Å². The van der Waals surface area contributed by atoms with E-state index in [0.717, 1.165) is 64.2 Å². The fraction of sp³-hybridized carbons (Fsp3) is 0.842. The lowest BCUT2D eigenvalue weighted by Gasteiger charge is -2.24. The van der Waals surface area contributed by atoms with Crippen molar-refractivity contribution in [2.75, 3.05) is 0 Å². The van der Waals surface area contributed by atoms with Crippen LogP contribution in [0.4, 0.5) is 0 Å². The zero-order valence-corrected chi connectivity index (χ0v) is 50.0. The zero-order chi connectivity index (χ0) is 56.1. The average molecular weight is 1120 g/mol. The second kappa shape index (κ2) is 46.1. The Morgan fingerprint density at radius 2 is 0.740 bits per heavy atom. The molecule has 0 aromatic carbocycles. The zero-order valence-electron chi connectivity index (χ0n) is 47.7. The van der Waals surface area contributed by atoms with E-state index in [-0.39, 0.29) is 56.8 Å². The van der Waals surface area contributed by atoms with E-state index >= 15 is 0 Å². The highest BCUT2D eigenvalue weighted by molar-refractivity contribution is 6.45. The first-order valence-corrected chi connectivity index (χ1v) is 33.3. The molecule has 0 aliphatic carbocycles. The summed E-state index contributed by atoms with van der Waals surface area (Å²) >= 11 is -7.70. The van der Waals surface area contributed by atoms with Crippen LogP contribution in [0.15, 0.2) is 0 Å². The Labute approximate surface area is 471 Å². The Bertz CT molecular complexity index is 1710.